The predicted molar refractivity (Wildman–Crippen MR) is 56.8 cm³/mol. The van der Waals surface area contributed by atoms with Gasteiger partial charge < -0.3 is 5.11 Å². The lowest BCUT2D eigenvalue weighted by atomic mass is 10.00. The summed E-state index contributed by atoms with van der Waals surface area (Å²) < 4.78 is 61.8. The number of rotatable bonds is 3. The Bertz CT molecular complexity index is 412. The van der Waals surface area contributed by atoms with Crippen molar-refractivity contribution in [2.45, 2.75) is 25.1 Å². The van der Waals surface area contributed by atoms with E-state index in [9.17, 15) is 26.7 Å². The zero-order valence-corrected chi connectivity index (χ0v) is 10.3. The summed E-state index contributed by atoms with van der Waals surface area (Å²) in [5, 5.41) is 9.62. The van der Waals surface area contributed by atoms with Crippen molar-refractivity contribution in [3.8, 4) is 0 Å². The lowest BCUT2D eigenvalue weighted by Gasteiger charge is -2.19. The molecule has 3 atom stereocenters. The van der Waals surface area contributed by atoms with Gasteiger partial charge in [-0.25, -0.2) is 0 Å². The molecule has 3 unspecified atom stereocenters. The van der Waals surface area contributed by atoms with Gasteiger partial charge in [-0.1, -0.05) is 0 Å². The maximum Gasteiger partial charge on any atom is 0.402 e. The molecule has 0 spiro atoms. The average molecular weight is 288 g/mol. The molecule has 1 aliphatic carbocycles. The first-order valence-corrected chi connectivity index (χ1v) is 7.12. The van der Waals surface area contributed by atoms with Crippen LogP contribution in [0, 0.1) is 11.8 Å². The Kier molecular flexibility index (Phi) is 3.60. The van der Waals surface area contributed by atoms with Crippen molar-refractivity contribution in [3.05, 3.63) is 0 Å². The molecule has 5 nitrogen and oxygen atoms in total. The highest BCUT2D eigenvalue weighted by molar-refractivity contribution is 7.87. The number of aliphatic hydroxyl groups is 1. The lowest BCUT2D eigenvalue weighted by Crippen LogP contribution is -2.43. The molecule has 1 saturated heterocycles. The molecule has 1 heterocycles. The van der Waals surface area contributed by atoms with E-state index in [1.165, 1.54) is 4.72 Å². The van der Waals surface area contributed by atoms with E-state index in [1.54, 1.807) is 0 Å². The maximum absolute atomic E-state index is 12.0. The van der Waals surface area contributed by atoms with E-state index in [2.05, 4.69) is 0 Å². The summed E-state index contributed by atoms with van der Waals surface area (Å²) in [5.74, 6) is -0.0880. The minimum absolute atomic E-state index is 0.0578. The molecule has 106 valence electrons. The van der Waals surface area contributed by atoms with Crippen molar-refractivity contribution in [3.63, 3.8) is 0 Å². The Labute approximate surface area is 103 Å². The van der Waals surface area contributed by atoms with Crippen LogP contribution in [0.25, 0.3) is 0 Å². The maximum atomic E-state index is 12.0. The lowest BCUT2D eigenvalue weighted by molar-refractivity contribution is -0.121. The third-order valence-electron chi connectivity index (χ3n) is 3.58. The minimum atomic E-state index is -4.57. The second-order valence-corrected chi connectivity index (χ2v) is 6.58. The van der Waals surface area contributed by atoms with E-state index in [0.29, 0.717) is 6.42 Å². The molecular weight excluding hydrogens is 273 g/mol. The summed E-state index contributed by atoms with van der Waals surface area (Å²) in [5.41, 5.74) is 0. The van der Waals surface area contributed by atoms with Gasteiger partial charge in [-0.05, 0) is 18.8 Å². The Hall–Kier alpha value is -0.380. The first kappa shape index (κ1) is 14.0. The fourth-order valence-electron chi connectivity index (χ4n) is 2.66. The molecule has 9 heteroatoms. The standard InChI is InChI=1S/C9H15F3N2O3S/c10-9(11,12)5-13-18(16,17)14-3-6-1-2-8(15)7(6)4-14/h6-8,13,15H,1-5H2. The molecule has 0 bridgehead atoms. The molecule has 0 aromatic heterocycles. The van der Waals surface area contributed by atoms with E-state index in [0.717, 1.165) is 10.7 Å². The van der Waals surface area contributed by atoms with Crippen LogP contribution in [0.4, 0.5) is 13.2 Å². The monoisotopic (exact) mass is 288 g/mol. The summed E-state index contributed by atoms with van der Waals surface area (Å²) in [6.07, 6.45) is -3.75. The van der Waals surface area contributed by atoms with Crippen LogP contribution in [-0.2, 0) is 10.2 Å². The first-order valence-electron chi connectivity index (χ1n) is 5.68. The summed E-state index contributed by atoms with van der Waals surface area (Å²) in [4.78, 5) is 0. The molecule has 2 fully saturated rings. The Morgan fingerprint density at radius 3 is 2.50 bits per heavy atom. The van der Waals surface area contributed by atoms with Gasteiger partial charge in [-0.15, -0.1) is 0 Å². The van der Waals surface area contributed by atoms with Crippen LogP contribution in [-0.4, -0.2) is 49.7 Å². The average Bonchev–Trinajstić information content (AvgIpc) is 2.78. The van der Waals surface area contributed by atoms with Gasteiger partial charge in [0.15, 0.2) is 0 Å². The topological polar surface area (TPSA) is 69.6 Å². The predicted octanol–water partition coefficient (Wildman–Crippen LogP) is 0.0858. The van der Waals surface area contributed by atoms with E-state index < -0.39 is 29.0 Å². The second-order valence-electron chi connectivity index (χ2n) is 4.83. The summed E-state index contributed by atoms with van der Waals surface area (Å²) in [7, 11) is -4.11. The number of hydrogen-bond donors (Lipinski definition) is 2. The summed E-state index contributed by atoms with van der Waals surface area (Å²) in [6.45, 7) is -1.28. The van der Waals surface area contributed by atoms with Crippen LogP contribution in [0.5, 0.6) is 0 Å². The van der Waals surface area contributed by atoms with Crippen molar-refractivity contribution in [1.82, 2.24) is 9.03 Å². The van der Waals surface area contributed by atoms with Gasteiger partial charge in [-0.2, -0.15) is 30.6 Å². The van der Waals surface area contributed by atoms with Gasteiger partial charge in [-0.3, -0.25) is 0 Å². The number of hydrogen-bond acceptors (Lipinski definition) is 3. The molecule has 2 aliphatic rings. The van der Waals surface area contributed by atoms with E-state index in [1.807, 2.05) is 0 Å². The molecule has 0 radical (unpaired) electrons. The highest BCUT2D eigenvalue weighted by atomic mass is 32.2. The highest BCUT2D eigenvalue weighted by Gasteiger charge is 2.45. The Morgan fingerprint density at radius 1 is 1.28 bits per heavy atom. The molecule has 2 N–H and O–H groups in total. The fourth-order valence-corrected chi connectivity index (χ4v) is 3.94. The molecule has 0 aromatic rings. The zero-order chi connectivity index (χ0) is 13.6. The molecule has 1 saturated carbocycles. The van der Waals surface area contributed by atoms with E-state index >= 15 is 0 Å². The van der Waals surface area contributed by atoms with Crippen LogP contribution < -0.4 is 4.72 Å². The largest absolute Gasteiger partial charge is 0.402 e. The third kappa shape index (κ3) is 2.95. The molecule has 18 heavy (non-hydrogen) atoms. The highest BCUT2D eigenvalue weighted by Crippen LogP contribution is 2.38. The number of alkyl halides is 3. The molecule has 1 aliphatic heterocycles. The van der Waals surface area contributed by atoms with Crippen LogP contribution in [0.2, 0.25) is 0 Å². The van der Waals surface area contributed by atoms with E-state index in [-0.39, 0.29) is 24.9 Å². The second kappa shape index (κ2) is 4.62. The molecule has 0 aromatic carbocycles. The minimum Gasteiger partial charge on any atom is -0.393 e. The van der Waals surface area contributed by atoms with E-state index in [4.69, 9.17) is 0 Å². The van der Waals surface area contributed by atoms with Gasteiger partial charge in [0.05, 0.1) is 6.10 Å². The SMILES string of the molecule is O=S(=O)(NCC(F)(F)F)N1CC2CCC(O)C2C1. The number of fused-ring (bicyclic) bond motifs is 1. The zero-order valence-electron chi connectivity index (χ0n) is 9.52. The van der Waals surface area contributed by atoms with Crippen molar-refractivity contribution in [2.24, 2.45) is 11.8 Å². The van der Waals surface area contributed by atoms with Crippen LogP contribution in [0.1, 0.15) is 12.8 Å². The van der Waals surface area contributed by atoms with Gasteiger partial charge >= 0.3 is 6.18 Å². The van der Waals surface area contributed by atoms with Gasteiger partial charge in [0, 0.05) is 19.0 Å². The fraction of sp³-hybridized carbons (Fsp3) is 1.00. The normalized spacial score (nSPS) is 33.9. The van der Waals surface area contributed by atoms with Crippen LogP contribution >= 0.6 is 0 Å². The van der Waals surface area contributed by atoms with Crippen molar-refractivity contribution in [1.29, 1.82) is 0 Å². The van der Waals surface area contributed by atoms with Crippen molar-refractivity contribution >= 4 is 10.2 Å². The molecule has 2 rings (SSSR count). The van der Waals surface area contributed by atoms with Crippen molar-refractivity contribution in [2.75, 3.05) is 19.6 Å². The number of nitrogens with zero attached hydrogens (tertiary/aromatic N) is 1. The van der Waals surface area contributed by atoms with Gasteiger partial charge in [0.25, 0.3) is 10.2 Å². The Balaban J connectivity index is 1.96. The number of aliphatic hydroxyl groups excluding tert-OH is 1. The first-order chi connectivity index (χ1) is 8.19. The van der Waals surface area contributed by atoms with Crippen LogP contribution in [0.3, 0.4) is 0 Å². The smallest absolute Gasteiger partial charge is 0.393 e. The van der Waals surface area contributed by atoms with Crippen molar-refractivity contribution < 1.29 is 26.7 Å². The van der Waals surface area contributed by atoms with Crippen LogP contribution in [0.15, 0.2) is 0 Å². The van der Waals surface area contributed by atoms with Gasteiger partial charge in [0.1, 0.15) is 6.54 Å². The number of halogens is 3. The number of nitrogens with one attached hydrogen (secondary N) is 1. The van der Waals surface area contributed by atoms with Gasteiger partial charge in [0.2, 0.25) is 0 Å². The third-order valence-corrected chi connectivity index (χ3v) is 5.07. The Morgan fingerprint density at radius 2 is 1.94 bits per heavy atom. The molecule has 0 amide bonds. The molecular formula is C9H15F3N2O3S. The summed E-state index contributed by atoms with van der Waals surface area (Å²) in [6, 6.07) is 0. The quantitative estimate of drug-likeness (QED) is 0.773. The summed E-state index contributed by atoms with van der Waals surface area (Å²) >= 11 is 0.